The number of primary amides is 1. The molecule has 3 aromatic carbocycles. The monoisotopic (exact) mass is 408 g/mol. The number of nitrogens with zero attached hydrogens (tertiary/aromatic N) is 1. The number of nitrogens with two attached hydrogens (primary N) is 1. The van der Waals surface area contributed by atoms with Crippen LogP contribution in [0.25, 0.3) is 21.8 Å². The Morgan fingerprint density at radius 3 is 2.45 bits per heavy atom. The zero-order valence-corrected chi connectivity index (χ0v) is 16.0. The summed E-state index contributed by atoms with van der Waals surface area (Å²) in [5, 5.41) is 10.7. The molecule has 29 heavy (non-hydrogen) atoms. The van der Waals surface area contributed by atoms with Gasteiger partial charge in [-0.2, -0.15) is 0 Å². The normalized spacial score (nSPS) is 11.1. The standard InChI is InChI=1S/C22H17ClN2O4/c23-15-9-10-17(29-12-18(26)27)20-19-14(22(24)28)7-4-8-16(19)25(21(15)20)11-13-5-2-1-3-6-13/h1-10H,11-12H2,(H2,24,28)(H,26,27). The molecular formula is C22H17ClN2O4. The van der Waals surface area contributed by atoms with E-state index >= 15 is 0 Å². The van der Waals surface area contributed by atoms with Crippen LogP contribution in [0, 0.1) is 0 Å². The smallest absolute Gasteiger partial charge is 0.341 e. The second-order valence-electron chi connectivity index (χ2n) is 6.59. The van der Waals surface area contributed by atoms with Crippen LogP contribution >= 0.6 is 11.6 Å². The summed E-state index contributed by atoms with van der Waals surface area (Å²) in [5.41, 5.74) is 8.41. The van der Waals surface area contributed by atoms with Crippen LogP contribution in [-0.4, -0.2) is 28.2 Å². The zero-order chi connectivity index (χ0) is 20.5. The molecule has 7 heteroatoms. The van der Waals surface area contributed by atoms with Crippen molar-refractivity contribution in [2.45, 2.75) is 6.54 Å². The first-order chi connectivity index (χ1) is 14.0. The van der Waals surface area contributed by atoms with Gasteiger partial charge >= 0.3 is 5.97 Å². The van der Waals surface area contributed by atoms with Gasteiger partial charge in [-0.15, -0.1) is 0 Å². The molecule has 4 rings (SSSR count). The van der Waals surface area contributed by atoms with E-state index in [4.69, 9.17) is 27.2 Å². The van der Waals surface area contributed by atoms with Gasteiger partial charge in [0.1, 0.15) is 5.75 Å². The number of carboxylic acids is 1. The number of carboxylic acid groups (broad SMARTS) is 1. The summed E-state index contributed by atoms with van der Waals surface area (Å²) in [6, 6.07) is 18.4. The van der Waals surface area contributed by atoms with Crippen LogP contribution in [0.2, 0.25) is 5.02 Å². The van der Waals surface area contributed by atoms with Gasteiger partial charge in [-0.3, -0.25) is 4.79 Å². The number of fused-ring (bicyclic) bond motifs is 3. The maximum absolute atomic E-state index is 12.1. The molecule has 146 valence electrons. The number of rotatable bonds is 6. The van der Waals surface area contributed by atoms with Crippen molar-refractivity contribution in [3.63, 3.8) is 0 Å². The Kier molecular flexibility index (Phi) is 4.86. The van der Waals surface area contributed by atoms with Gasteiger partial charge in [0.2, 0.25) is 5.91 Å². The fraction of sp³-hybridized carbons (Fsp3) is 0.0909. The van der Waals surface area contributed by atoms with Gasteiger partial charge in [0, 0.05) is 17.5 Å². The first-order valence-electron chi connectivity index (χ1n) is 8.89. The zero-order valence-electron chi connectivity index (χ0n) is 15.3. The van der Waals surface area contributed by atoms with Gasteiger partial charge in [0.15, 0.2) is 6.61 Å². The minimum Gasteiger partial charge on any atom is -0.481 e. The molecule has 3 N–H and O–H groups in total. The summed E-state index contributed by atoms with van der Waals surface area (Å²) in [4.78, 5) is 23.2. The van der Waals surface area contributed by atoms with Crippen molar-refractivity contribution in [1.82, 2.24) is 4.57 Å². The van der Waals surface area contributed by atoms with E-state index in [0.29, 0.717) is 39.2 Å². The fourth-order valence-corrected chi connectivity index (χ4v) is 3.86. The van der Waals surface area contributed by atoms with Crippen molar-refractivity contribution in [3.05, 3.63) is 76.8 Å². The predicted molar refractivity (Wildman–Crippen MR) is 112 cm³/mol. The third kappa shape index (κ3) is 3.39. The second-order valence-corrected chi connectivity index (χ2v) is 6.99. The topological polar surface area (TPSA) is 94.6 Å². The van der Waals surface area contributed by atoms with Gasteiger partial charge in [-0.1, -0.05) is 48.0 Å². The molecule has 4 aromatic rings. The Hall–Kier alpha value is -3.51. The summed E-state index contributed by atoms with van der Waals surface area (Å²) in [7, 11) is 0. The van der Waals surface area contributed by atoms with Gasteiger partial charge in [-0.25, -0.2) is 4.79 Å². The number of hydrogen-bond acceptors (Lipinski definition) is 3. The lowest BCUT2D eigenvalue weighted by molar-refractivity contribution is -0.139. The molecule has 0 bridgehead atoms. The van der Waals surface area contributed by atoms with Crippen LogP contribution in [0.3, 0.4) is 0 Å². The van der Waals surface area contributed by atoms with E-state index in [2.05, 4.69) is 0 Å². The third-order valence-corrected chi connectivity index (χ3v) is 5.05. The number of carbonyl (C=O) groups is 2. The first-order valence-corrected chi connectivity index (χ1v) is 9.27. The van der Waals surface area contributed by atoms with Gasteiger partial charge in [0.05, 0.1) is 21.4 Å². The van der Waals surface area contributed by atoms with Crippen molar-refractivity contribution in [1.29, 1.82) is 0 Å². The van der Waals surface area contributed by atoms with Gasteiger partial charge < -0.3 is 20.1 Å². The molecule has 0 aliphatic carbocycles. The summed E-state index contributed by atoms with van der Waals surface area (Å²) >= 11 is 6.56. The average molecular weight is 409 g/mol. The molecule has 0 aliphatic heterocycles. The highest BCUT2D eigenvalue weighted by molar-refractivity contribution is 6.37. The lowest BCUT2D eigenvalue weighted by Gasteiger charge is -2.10. The number of carbonyl (C=O) groups excluding carboxylic acids is 1. The molecule has 1 heterocycles. The Morgan fingerprint density at radius 1 is 1.00 bits per heavy atom. The van der Waals surface area contributed by atoms with Crippen molar-refractivity contribution in [2.75, 3.05) is 6.61 Å². The molecular weight excluding hydrogens is 392 g/mol. The van der Waals surface area contributed by atoms with Crippen LogP contribution in [0.5, 0.6) is 5.75 Å². The molecule has 0 spiro atoms. The van der Waals surface area contributed by atoms with Crippen molar-refractivity contribution < 1.29 is 19.4 Å². The lowest BCUT2D eigenvalue weighted by atomic mass is 10.1. The highest BCUT2D eigenvalue weighted by atomic mass is 35.5. The number of benzene rings is 3. The van der Waals surface area contributed by atoms with Crippen LogP contribution in [-0.2, 0) is 11.3 Å². The lowest BCUT2D eigenvalue weighted by Crippen LogP contribution is -2.11. The summed E-state index contributed by atoms with van der Waals surface area (Å²) < 4.78 is 7.51. The molecule has 0 radical (unpaired) electrons. The Balaban J connectivity index is 2.08. The van der Waals surface area contributed by atoms with Crippen LogP contribution < -0.4 is 10.5 Å². The summed E-state index contributed by atoms with van der Waals surface area (Å²) in [6.07, 6.45) is 0. The predicted octanol–water partition coefficient (Wildman–Crippen LogP) is 4.06. The Labute approximate surface area is 171 Å². The van der Waals surface area contributed by atoms with Crippen LogP contribution in [0.1, 0.15) is 15.9 Å². The van der Waals surface area contributed by atoms with Gasteiger partial charge in [-0.05, 0) is 29.8 Å². The number of amides is 1. The second kappa shape index (κ2) is 7.48. The molecule has 0 fully saturated rings. The highest BCUT2D eigenvalue weighted by Gasteiger charge is 2.22. The van der Waals surface area contributed by atoms with E-state index in [1.807, 2.05) is 41.0 Å². The van der Waals surface area contributed by atoms with Crippen LogP contribution in [0.15, 0.2) is 60.7 Å². The van der Waals surface area contributed by atoms with E-state index < -0.39 is 18.5 Å². The molecule has 0 atom stereocenters. The number of aliphatic carboxylic acids is 1. The van der Waals surface area contributed by atoms with Crippen molar-refractivity contribution in [3.8, 4) is 5.75 Å². The maximum atomic E-state index is 12.1. The highest BCUT2D eigenvalue weighted by Crippen LogP contribution is 2.41. The van der Waals surface area contributed by atoms with E-state index in [9.17, 15) is 9.59 Å². The number of ether oxygens (including phenoxy) is 1. The maximum Gasteiger partial charge on any atom is 0.341 e. The molecule has 1 aromatic heterocycles. The Bertz CT molecular complexity index is 1250. The van der Waals surface area contributed by atoms with E-state index in [1.54, 1.807) is 24.3 Å². The third-order valence-electron chi connectivity index (χ3n) is 4.74. The van der Waals surface area contributed by atoms with E-state index in [-0.39, 0.29) is 0 Å². The minimum atomic E-state index is -1.10. The average Bonchev–Trinajstić information content (AvgIpc) is 3.03. The fourth-order valence-electron chi connectivity index (χ4n) is 3.60. The number of hydrogen-bond donors (Lipinski definition) is 2. The van der Waals surface area contributed by atoms with E-state index in [0.717, 1.165) is 11.1 Å². The SMILES string of the molecule is NC(=O)c1cccc2c1c1c(OCC(=O)O)ccc(Cl)c1n2Cc1ccccc1. The minimum absolute atomic E-state index is 0.321. The van der Waals surface area contributed by atoms with Crippen LogP contribution in [0.4, 0.5) is 0 Å². The summed E-state index contributed by atoms with van der Waals surface area (Å²) in [5.74, 6) is -1.35. The number of halogens is 1. The quantitative estimate of drug-likeness (QED) is 0.503. The first kappa shape index (κ1) is 18.8. The molecule has 1 amide bonds. The number of aromatic nitrogens is 1. The summed E-state index contributed by atoms with van der Waals surface area (Å²) in [6.45, 7) is -0.00795. The largest absolute Gasteiger partial charge is 0.481 e. The molecule has 0 saturated carbocycles. The van der Waals surface area contributed by atoms with Gasteiger partial charge in [0.25, 0.3) is 0 Å². The molecule has 0 saturated heterocycles. The van der Waals surface area contributed by atoms with Crippen molar-refractivity contribution in [2.24, 2.45) is 5.73 Å². The Morgan fingerprint density at radius 2 is 1.76 bits per heavy atom. The molecule has 6 nitrogen and oxygen atoms in total. The molecule has 0 aliphatic rings. The van der Waals surface area contributed by atoms with Crippen molar-refractivity contribution >= 4 is 45.3 Å². The van der Waals surface area contributed by atoms with E-state index in [1.165, 1.54) is 0 Å². The molecule has 0 unspecified atom stereocenters.